The fourth-order valence-corrected chi connectivity index (χ4v) is 2.47. The molecule has 7 heteroatoms. The Hall–Kier alpha value is -1.47. The first-order valence-corrected chi connectivity index (χ1v) is 6.95. The van der Waals surface area contributed by atoms with Crippen molar-refractivity contribution in [2.24, 2.45) is 0 Å². The van der Waals surface area contributed by atoms with Gasteiger partial charge in [-0.3, -0.25) is 14.5 Å². The minimum Gasteiger partial charge on any atom is -0.480 e. The van der Waals surface area contributed by atoms with Gasteiger partial charge in [0.1, 0.15) is 5.82 Å². The summed E-state index contributed by atoms with van der Waals surface area (Å²) in [6, 6.07) is 4.33. The lowest BCUT2D eigenvalue weighted by Gasteiger charge is -2.33. The molecule has 20 heavy (non-hydrogen) atoms. The highest BCUT2D eigenvalue weighted by Gasteiger charge is 2.24. The van der Waals surface area contributed by atoms with Crippen molar-refractivity contribution in [2.45, 2.75) is 0 Å². The smallest absolute Gasteiger partial charge is 0.317 e. The van der Waals surface area contributed by atoms with Crippen LogP contribution in [-0.4, -0.2) is 59.5 Å². The predicted molar refractivity (Wildman–Crippen MR) is 74.1 cm³/mol. The van der Waals surface area contributed by atoms with Crippen molar-refractivity contribution in [1.82, 2.24) is 9.80 Å². The molecule has 5 nitrogen and oxygen atoms in total. The van der Waals surface area contributed by atoms with Gasteiger partial charge in [0, 0.05) is 30.7 Å². The topological polar surface area (TPSA) is 60.9 Å². The van der Waals surface area contributed by atoms with E-state index < -0.39 is 11.8 Å². The molecule has 1 amide bonds. The second-order valence-electron chi connectivity index (χ2n) is 4.59. The molecule has 0 aliphatic carbocycles. The highest BCUT2D eigenvalue weighted by Crippen LogP contribution is 2.17. The maximum absolute atomic E-state index is 13.7. The summed E-state index contributed by atoms with van der Waals surface area (Å²) in [4.78, 5) is 26.1. The Morgan fingerprint density at radius 2 is 1.90 bits per heavy atom. The van der Waals surface area contributed by atoms with Gasteiger partial charge < -0.3 is 10.0 Å². The van der Waals surface area contributed by atoms with Crippen molar-refractivity contribution in [3.05, 3.63) is 34.1 Å². The van der Waals surface area contributed by atoms with Crippen molar-refractivity contribution >= 4 is 27.8 Å². The van der Waals surface area contributed by atoms with Crippen LogP contribution < -0.4 is 0 Å². The second-order valence-corrected chi connectivity index (χ2v) is 5.50. The molecule has 0 bridgehead atoms. The third-order valence-electron chi connectivity index (χ3n) is 3.18. The van der Waals surface area contributed by atoms with Crippen LogP contribution in [0.2, 0.25) is 0 Å². The van der Waals surface area contributed by atoms with Crippen LogP contribution in [0, 0.1) is 5.82 Å². The quantitative estimate of drug-likeness (QED) is 0.901. The minimum atomic E-state index is -0.885. The molecule has 1 saturated heterocycles. The van der Waals surface area contributed by atoms with Gasteiger partial charge >= 0.3 is 5.97 Å². The maximum atomic E-state index is 13.7. The number of carbonyl (C=O) groups excluding carboxylic acids is 1. The number of aliphatic carboxylic acids is 1. The number of carboxylic acids is 1. The van der Waals surface area contributed by atoms with E-state index in [1.165, 1.54) is 12.1 Å². The van der Waals surface area contributed by atoms with Gasteiger partial charge in [0.05, 0.1) is 12.1 Å². The minimum absolute atomic E-state index is 0.0331. The number of amides is 1. The van der Waals surface area contributed by atoms with Crippen LogP contribution in [0.25, 0.3) is 0 Å². The Balaban J connectivity index is 1.99. The zero-order chi connectivity index (χ0) is 14.7. The summed E-state index contributed by atoms with van der Waals surface area (Å²) in [5, 5.41) is 8.70. The number of rotatable bonds is 3. The van der Waals surface area contributed by atoms with Crippen LogP contribution in [0.5, 0.6) is 0 Å². The van der Waals surface area contributed by atoms with Gasteiger partial charge in [-0.05, 0) is 18.2 Å². The van der Waals surface area contributed by atoms with Gasteiger partial charge in [0.25, 0.3) is 5.91 Å². The van der Waals surface area contributed by atoms with Crippen LogP contribution in [0.4, 0.5) is 4.39 Å². The lowest BCUT2D eigenvalue weighted by Crippen LogP contribution is -2.50. The average molecular weight is 345 g/mol. The first-order valence-electron chi connectivity index (χ1n) is 6.16. The molecule has 0 spiro atoms. The average Bonchev–Trinajstić information content (AvgIpc) is 2.38. The Kier molecular flexibility index (Phi) is 4.72. The fraction of sp³-hybridized carbons (Fsp3) is 0.385. The summed E-state index contributed by atoms with van der Waals surface area (Å²) in [6.45, 7) is 1.74. The summed E-state index contributed by atoms with van der Waals surface area (Å²) in [6.07, 6.45) is 0. The number of piperazine rings is 1. The van der Waals surface area contributed by atoms with Crippen molar-refractivity contribution in [2.75, 3.05) is 32.7 Å². The van der Waals surface area contributed by atoms with E-state index >= 15 is 0 Å². The van der Waals surface area contributed by atoms with Crippen LogP contribution in [0.15, 0.2) is 22.7 Å². The van der Waals surface area contributed by atoms with Crippen LogP contribution in [0.1, 0.15) is 10.4 Å². The van der Waals surface area contributed by atoms with Crippen molar-refractivity contribution in [1.29, 1.82) is 0 Å². The Morgan fingerprint density at radius 3 is 2.45 bits per heavy atom. The van der Waals surface area contributed by atoms with E-state index in [1.54, 1.807) is 15.9 Å². The molecule has 0 radical (unpaired) electrons. The molecule has 108 valence electrons. The Bertz CT molecular complexity index is 530. The number of nitrogens with zero attached hydrogens (tertiary/aromatic N) is 2. The first kappa shape index (κ1) is 14.9. The number of halogens is 2. The van der Waals surface area contributed by atoms with E-state index in [2.05, 4.69) is 15.9 Å². The SMILES string of the molecule is O=C(O)CN1CCN(C(=O)c2ccc(Br)cc2F)CC1. The summed E-state index contributed by atoms with van der Waals surface area (Å²) in [5.41, 5.74) is 0.0416. The predicted octanol–water partition coefficient (Wildman–Crippen LogP) is 1.43. The molecule has 0 atom stereocenters. The molecular weight excluding hydrogens is 331 g/mol. The molecule has 1 N–H and O–H groups in total. The number of benzene rings is 1. The van der Waals surface area contributed by atoms with E-state index in [1.807, 2.05) is 0 Å². The molecule has 2 rings (SSSR count). The van der Waals surface area contributed by atoms with Gasteiger partial charge in [0.2, 0.25) is 0 Å². The van der Waals surface area contributed by atoms with Crippen LogP contribution >= 0.6 is 15.9 Å². The Morgan fingerprint density at radius 1 is 1.25 bits per heavy atom. The van der Waals surface area contributed by atoms with Gasteiger partial charge in [-0.25, -0.2) is 4.39 Å². The molecule has 1 aliphatic rings. The monoisotopic (exact) mass is 344 g/mol. The number of carboxylic acid groups (broad SMARTS) is 1. The highest BCUT2D eigenvalue weighted by atomic mass is 79.9. The zero-order valence-corrected chi connectivity index (χ0v) is 12.3. The van der Waals surface area contributed by atoms with E-state index in [0.717, 1.165) is 0 Å². The molecule has 1 aromatic rings. The van der Waals surface area contributed by atoms with E-state index in [-0.39, 0.29) is 18.0 Å². The molecule has 1 aliphatic heterocycles. The van der Waals surface area contributed by atoms with Gasteiger partial charge in [-0.2, -0.15) is 0 Å². The largest absolute Gasteiger partial charge is 0.480 e. The van der Waals surface area contributed by atoms with Crippen LogP contribution in [-0.2, 0) is 4.79 Å². The lowest BCUT2D eigenvalue weighted by atomic mass is 10.1. The highest BCUT2D eigenvalue weighted by molar-refractivity contribution is 9.10. The molecule has 1 heterocycles. The summed E-state index contributed by atoms with van der Waals surface area (Å²) in [7, 11) is 0. The summed E-state index contributed by atoms with van der Waals surface area (Å²) < 4.78 is 14.3. The lowest BCUT2D eigenvalue weighted by molar-refractivity contribution is -0.138. The third kappa shape index (κ3) is 3.55. The van der Waals surface area contributed by atoms with Gasteiger partial charge in [0.15, 0.2) is 0 Å². The van der Waals surface area contributed by atoms with Crippen LogP contribution in [0.3, 0.4) is 0 Å². The van der Waals surface area contributed by atoms with E-state index in [9.17, 15) is 14.0 Å². The third-order valence-corrected chi connectivity index (χ3v) is 3.67. The summed E-state index contributed by atoms with van der Waals surface area (Å²) in [5.74, 6) is -1.80. The first-order chi connectivity index (χ1) is 9.47. The number of hydrogen-bond acceptors (Lipinski definition) is 3. The molecular formula is C13H14BrFN2O3. The number of carbonyl (C=O) groups is 2. The van der Waals surface area contributed by atoms with Gasteiger partial charge in [-0.15, -0.1) is 0 Å². The summed E-state index contributed by atoms with van der Waals surface area (Å²) >= 11 is 3.14. The zero-order valence-electron chi connectivity index (χ0n) is 10.7. The standard InChI is InChI=1S/C13H14BrFN2O3/c14-9-1-2-10(11(15)7-9)13(20)17-5-3-16(4-6-17)8-12(18)19/h1-2,7H,3-6,8H2,(H,18,19). The second kappa shape index (κ2) is 6.32. The van der Waals surface area contributed by atoms with Crippen molar-refractivity contribution in [3.8, 4) is 0 Å². The maximum Gasteiger partial charge on any atom is 0.317 e. The fourth-order valence-electron chi connectivity index (χ4n) is 2.13. The van der Waals surface area contributed by atoms with E-state index in [4.69, 9.17) is 5.11 Å². The van der Waals surface area contributed by atoms with Gasteiger partial charge in [-0.1, -0.05) is 15.9 Å². The molecule has 0 aromatic heterocycles. The molecule has 1 aromatic carbocycles. The number of hydrogen-bond donors (Lipinski definition) is 1. The van der Waals surface area contributed by atoms with E-state index in [0.29, 0.717) is 30.7 Å². The Labute approximate surface area is 124 Å². The van der Waals surface area contributed by atoms with Crippen molar-refractivity contribution < 1.29 is 19.1 Å². The van der Waals surface area contributed by atoms with Crippen molar-refractivity contribution in [3.63, 3.8) is 0 Å². The molecule has 0 unspecified atom stereocenters. The molecule has 0 saturated carbocycles. The molecule has 1 fully saturated rings. The normalized spacial score (nSPS) is 16.2.